The van der Waals surface area contributed by atoms with Crippen LogP contribution in [0.3, 0.4) is 0 Å². The van der Waals surface area contributed by atoms with E-state index in [-0.39, 0.29) is 6.54 Å². The first-order chi connectivity index (χ1) is 9.36. The average Bonchev–Trinajstić information content (AvgIpc) is 2.36. The van der Waals surface area contributed by atoms with Gasteiger partial charge in [0.05, 0.1) is 5.56 Å². The second kappa shape index (κ2) is 5.83. The van der Waals surface area contributed by atoms with Crippen molar-refractivity contribution in [3.63, 3.8) is 0 Å². The van der Waals surface area contributed by atoms with Crippen molar-refractivity contribution in [3.05, 3.63) is 63.9 Å². The molecular weight excluding hydrogens is 338 g/mol. The van der Waals surface area contributed by atoms with Crippen LogP contribution >= 0.6 is 15.9 Å². The maximum atomic E-state index is 13.1. The summed E-state index contributed by atoms with van der Waals surface area (Å²) in [4.78, 5) is 0. The summed E-state index contributed by atoms with van der Waals surface area (Å²) in [5.74, 6) is -1.26. The average molecular weight is 348 g/mol. The van der Waals surface area contributed by atoms with Crippen molar-refractivity contribution in [2.45, 2.75) is 12.7 Å². The highest BCUT2D eigenvalue weighted by molar-refractivity contribution is 9.10. The van der Waals surface area contributed by atoms with Crippen LogP contribution in [0.4, 0.5) is 23.2 Å². The maximum absolute atomic E-state index is 13.1. The molecule has 0 radical (unpaired) electrons. The summed E-state index contributed by atoms with van der Waals surface area (Å²) in [5.41, 5.74) is -0.123. The predicted octanol–water partition coefficient (Wildman–Crippen LogP) is 5.22. The summed E-state index contributed by atoms with van der Waals surface area (Å²) in [6.07, 6.45) is -4.68. The monoisotopic (exact) mass is 347 g/mol. The zero-order valence-electron chi connectivity index (χ0n) is 10.1. The minimum Gasteiger partial charge on any atom is -0.381 e. The predicted molar refractivity (Wildman–Crippen MR) is 72.9 cm³/mol. The van der Waals surface area contributed by atoms with Gasteiger partial charge in [-0.2, -0.15) is 13.2 Å². The Hall–Kier alpha value is -1.56. The second-order valence-corrected chi connectivity index (χ2v) is 5.09. The van der Waals surface area contributed by atoms with Crippen molar-refractivity contribution in [3.8, 4) is 0 Å². The minimum absolute atomic E-state index is 0.180. The number of rotatable bonds is 3. The van der Waals surface area contributed by atoms with Crippen LogP contribution in [-0.2, 0) is 12.7 Å². The van der Waals surface area contributed by atoms with E-state index in [2.05, 4.69) is 21.2 Å². The van der Waals surface area contributed by atoms with Gasteiger partial charge in [-0.05, 0) is 35.9 Å². The Morgan fingerprint density at radius 2 is 1.80 bits per heavy atom. The SMILES string of the molecule is Fc1ccc(CNc2cccc(Br)c2)cc1C(F)(F)F. The van der Waals surface area contributed by atoms with Crippen LogP contribution < -0.4 is 5.32 Å². The van der Waals surface area contributed by atoms with Gasteiger partial charge in [-0.15, -0.1) is 0 Å². The van der Waals surface area contributed by atoms with Gasteiger partial charge in [-0.3, -0.25) is 0 Å². The summed E-state index contributed by atoms with van der Waals surface area (Å²) >= 11 is 3.30. The first-order valence-electron chi connectivity index (χ1n) is 5.71. The molecule has 2 rings (SSSR count). The Bertz CT molecular complexity index is 610. The molecule has 0 heterocycles. The van der Waals surface area contributed by atoms with E-state index in [4.69, 9.17) is 0 Å². The highest BCUT2D eigenvalue weighted by Crippen LogP contribution is 2.32. The molecule has 2 aromatic carbocycles. The Balaban J connectivity index is 2.14. The molecule has 0 atom stereocenters. The number of nitrogens with one attached hydrogen (secondary N) is 1. The van der Waals surface area contributed by atoms with Gasteiger partial charge in [0.1, 0.15) is 5.82 Å². The van der Waals surface area contributed by atoms with Gasteiger partial charge in [0.2, 0.25) is 0 Å². The number of halogens is 5. The fraction of sp³-hybridized carbons (Fsp3) is 0.143. The van der Waals surface area contributed by atoms with Gasteiger partial charge in [0, 0.05) is 16.7 Å². The zero-order chi connectivity index (χ0) is 14.8. The molecule has 106 valence electrons. The molecule has 1 nitrogen and oxygen atoms in total. The third-order valence-electron chi connectivity index (χ3n) is 2.66. The van der Waals surface area contributed by atoms with Gasteiger partial charge >= 0.3 is 6.18 Å². The lowest BCUT2D eigenvalue weighted by molar-refractivity contribution is -0.140. The lowest BCUT2D eigenvalue weighted by atomic mass is 10.1. The number of hydrogen-bond acceptors (Lipinski definition) is 1. The van der Waals surface area contributed by atoms with Gasteiger partial charge in [0.25, 0.3) is 0 Å². The molecule has 0 unspecified atom stereocenters. The molecule has 0 aliphatic rings. The third-order valence-corrected chi connectivity index (χ3v) is 3.15. The molecule has 1 N–H and O–H groups in total. The molecule has 0 saturated heterocycles. The Morgan fingerprint density at radius 1 is 1.05 bits per heavy atom. The molecule has 2 aromatic rings. The normalized spacial score (nSPS) is 11.4. The van der Waals surface area contributed by atoms with E-state index in [9.17, 15) is 17.6 Å². The van der Waals surface area contributed by atoms with E-state index in [1.165, 1.54) is 6.07 Å². The lowest BCUT2D eigenvalue weighted by Gasteiger charge is -2.11. The number of anilines is 1. The van der Waals surface area contributed by atoms with E-state index in [1.807, 2.05) is 6.07 Å². The van der Waals surface area contributed by atoms with E-state index >= 15 is 0 Å². The minimum atomic E-state index is -4.68. The number of benzene rings is 2. The van der Waals surface area contributed by atoms with E-state index in [0.29, 0.717) is 5.56 Å². The van der Waals surface area contributed by atoms with Crippen LogP contribution in [0.2, 0.25) is 0 Å². The maximum Gasteiger partial charge on any atom is 0.419 e. The van der Waals surface area contributed by atoms with Gasteiger partial charge in [-0.25, -0.2) is 4.39 Å². The summed E-state index contributed by atoms with van der Waals surface area (Å²) in [5, 5.41) is 2.98. The molecule has 0 spiro atoms. The van der Waals surface area contributed by atoms with E-state index < -0.39 is 17.6 Å². The smallest absolute Gasteiger partial charge is 0.381 e. The van der Waals surface area contributed by atoms with Crippen molar-refractivity contribution in [2.24, 2.45) is 0 Å². The Labute approximate surface area is 121 Å². The third kappa shape index (κ3) is 3.72. The highest BCUT2D eigenvalue weighted by Gasteiger charge is 2.34. The standard InChI is InChI=1S/C14H10BrF4N/c15-10-2-1-3-11(7-10)20-8-9-4-5-13(16)12(6-9)14(17,18)19/h1-7,20H,8H2. The summed E-state index contributed by atoms with van der Waals surface area (Å²) in [6, 6.07) is 10.2. The van der Waals surface area contributed by atoms with Crippen LogP contribution in [0.15, 0.2) is 46.9 Å². The van der Waals surface area contributed by atoms with E-state index in [0.717, 1.165) is 22.3 Å². The molecule has 0 aliphatic carbocycles. The molecule has 0 saturated carbocycles. The summed E-state index contributed by atoms with van der Waals surface area (Å²) < 4.78 is 51.7. The molecule has 20 heavy (non-hydrogen) atoms. The fourth-order valence-corrected chi connectivity index (χ4v) is 2.10. The van der Waals surface area contributed by atoms with Crippen LogP contribution in [0.1, 0.15) is 11.1 Å². The topological polar surface area (TPSA) is 12.0 Å². The van der Waals surface area contributed by atoms with Crippen LogP contribution in [0.5, 0.6) is 0 Å². The number of alkyl halides is 3. The van der Waals surface area contributed by atoms with E-state index in [1.54, 1.807) is 18.2 Å². The quantitative estimate of drug-likeness (QED) is 0.750. The Kier molecular flexibility index (Phi) is 4.32. The molecule has 0 fully saturated rings. The fourth-order valence-electron chi connectivity index (χ4n) is 1.70. The van der Waals surface area contributed by atoms with Gasteiger partial charge in [0.15, 0.2) is 0 Å². The van der Waals surface area contributed by atoms with Crippen LogP contribution in [0.25, 0.3) is 0 Å². The molecule has 0 aliphatic heterocycles. The van der Waals surface area contributed by atoms with Crippen molar-refractivity contribution in [1.82, 2.24) is 0 Å². The Morgan fingerprint density at radius 3 is 2.45 bits per heavy atom. The summed E-state index contributed by atoms with van der Waals surface area (Å²) in [6.45, 7) is 0.180. The molecule has 0 bridgehead atoms. The molecule has 0 aromatic heterocycles. The first kappa shape index (κ1) is 14.8. The van der Waals surface area contributed by atoms with Crippen LogP contribution in [-0.4, -0.2) is 0 Å². The second-order valence-electron chi connectivity index (χ2n) is 4.18. The van der Waals surface area contributed by atoms with Gasteiger partial charge in [-0.1, -0.05) is 28.1 Å². The zero-order valence-corrected chi connectivity index (χ0v) is 11.7. The molecule has 0 amide bonds. The molecule has 6 heteroatoms. The van der Waals surface area contributed by atoms with Crippen molar-refractivity contribution < 1.29 is 17.6 Å². The van der Waals surface area contributed by atoms with Gasteiger partial charge < -0.3 is 5.32 Å². The number of hydrogen-bond donors (Lipinski definition) is 1. The first-order valence-corrected chi connectivity index (χ1v) is 6.50. The van der Waals surface area contributed by atoms with Crippen molar-refractivity contribution in [1.29, 1.82) is 0 Å². The largest absolute Gasteiger partial charge is 0.419 e. The van der Waals surface area contributed by atoms with Crippen molar-refractivity contribution in [2.75, 3.05) is 5.32 Å². The lowest BCUT2D eigenvalue weighted by Crippen LogP contribution is -2.10. The van der Waals surface area contributed by atoms with Crippen LogP contribution in [0, 0.1) is 5.82 Å². The molecular formula is C14H10BrF4N. The highest BCUT2D eigenvalue weighted by atomic mass is 79.9. The summed E-state index contributed by atoms with van der Waals surface area (Å²) in [7, 11) is 0. The van der Waals surface area contributed by atoms with Crippen molar-refractivity contribution >= 4 is 21.6 Å².